The van der Waals surface area contributed by atoms with Gasteiger partial charge in [-0.25, -0.2) is 0 Å². The lowest BCUT2D eigenvalue weighted by atomic mass is 9.92. The molecule has 0 aliphatic heterocycles. The van der Waals surface area contributed by atoms with Gasteiger partial charge in [0.05, 0.1) is 0 Å². The van der Waals surface area contributed by atoms with Gasteiger partial charge >= 0.3 is 0 Å². The second kappa shape index (κ2) is 9.16. The molecule has 0 spiro atoms. The van der Waals surface area contributed by atoms with Crippen molar-refractivity contribution >= 4 is 17.7 Å². The Kier molecular flexibility index (Phi) is 6.92. The second-order valence-electron chi connectivity index (χ2n) is 7.64. The van der Waals surface area contributed by atoms with Crippen molar-refractivity contribution in [2.75, 3.05) is 6.54 Å². The van der Waals surface area contributed by atoms with Crippen LogP contribution in [-0.2, 0) is 21.4 Å². The number of rotatable bonds is 8. The lowest BCUT2D eigenvalue weighted by molar-refractivity contribution is -0.123. The summed E-state index contributed by atoms with van der Waals surface area (Å²) in [4.78, 5) is 36.1. The molecule has 0 aliphatic rings. The van der Waals surface area contributed by atoms with E-state index in [9.17, 15) is 14.4 Å². The van der Waals surface area contributed by atoms with Crippen molar-refractivity contribution in [3.63, 3.8) is 0 Å². The molecule has 1 aromatic carbocycles. The lowest BCUT2D eigenvalue weighted by Gasteiger charge is -2.18. The predicted octanol–water partition coefficient (Wildman–Crippen LogP) is 1.04. The first kappa shape index (κ1) is 21.1. The van der Waals surface area contributed by atoms with Crippen LogP contribution in [-0.4, -0.2) is 40.5 Å². The fraction of sp³-hybridized carbons (Fsp3) is 0.400. The van der Waals surface area contributed by atoms with Gasteiger partial charge in [-0.3, -0.25) is 19.5 Å². The largest absolute Gasteiger partial charge is 0.370 e. The summed E-state index contributed by atoms with van der Waals surface area (Å²) < 4.78 is 0. The number of hydrogen-bond acceptors (Lipinski definition) is 4. The van der Waals surface area contributed by atoms with Crippen LogP contribution < -0.4 is 16.4 Å². The van der Waals surface area contributed by atoms with Crippen molar-refractivity contribution in [3.05, 3.63) is 53.3 Å². The number of nitrogens with one attached hydrogen (secondary N) is 3. The first-order chi connectivity index (χ1) is 13.2. The number of nitrogens with two attached hydrogens (primary N) is 1. The lowest BCUT2D eigenvalue weighted by Crippen LogP contribution is -2.48. The van der Waals surface area contributed by atoms with Gasteiger partial charge < -0.3 is 16.4 Å². The van der Waals surface area contributed by atoms with Gasteiger partial charge in [0.1, 0.15) is 11.7 Å². The normalized spacial score (nSPS) is 12.2. The fourth-order valence-corrected chi connectivity index (χ4v) is 2.55. The summed E-state index contributed by atoms with van der Waals surface area (Å²) in [6, 6.07) is 10.2. The van der Waals surface area contributed by atoms with Crippen molar-refractivity contribution in [1.82, 2.24) is 20.8 Å². The van der Waals surface area contributed by atoms with Gasteiger partial charge in [-0.1, -0.05) is 51.1 Å². The highest BCUT2D eigenvalue weighted by Gasteiger charge is 2.24. The van der Waals surface area contributed by atoms with Gasteiger partial charge in [0.25, 0.3) is 5.91 Å². The molecule has 150 valence electrons. The highest BCUT2D eigenvalue weighted by atomic mass is 16.2. The van der Waals surface area contributed by atoms with Crippen molar-refractivity contribution in [2.24, 2.45) is 5.73 Å². The first-order valence-electron chi connectivity index (χ1n) is 9.13. The number of aromatic nitrogens is 2. The molecule has 1 aromatic heterocycles. The number of H-pyrrole nitrogens is 1. The van der Waals surface area contributed by atoms with E-state index < -0.39 is 17.9 Å². The van der Waals surface area contributed by atoms with Crippen LogP contribution >= 0.6 is 0 Å². The maximum atomic E-state index is 12.6. The number of hydrogen-bond donors (Lipinski definition) is 4. The number of aromatic amines is 1. The zero-order valence-corrected chi connectivity index (χ0v) is 16.4. The quantitative estimate of drug-likeness (QED) is 0.541. The number of primary amides is 1. The van der Waals surface area contributed by atoms with Crippen LogP contribution in [0.15, 0.2) is 36.4 Å². The molecular weight excluding hydrogens is 358 g/mol. The van der Waals surface area contributed by atoms with E-state index in [1.165, 1.54) is 0 Å². The monoisotopic (exact) mass is 385 g/mol. The number of nitrogens with zero attached hydrogens (tertiary/aromatic N) is 1. The standard InChI is InChI=1S/C20H27N5O3/c1-20(2,3)16-12-15(24-25-16)19(28)23-14(11-13-7-5-4-6-8-13)18(27)22-10-9-17(21)26/h4-8,12,14H,9-11H2,1-3H3,(H2,21,26)(H,22,27)(H,23,28)(H,24,25)/t14-/m0/s1. The Morgan fingerprint density at radius 3 is 2.43 bits per heavy atom. The SMILES string of the molecule is CC(C)(C)c1cc(C(=O)N[C@@H](Cc2ccccc2)C(=O)NCCC(N)=O)n[nH]1. The molecule has 5 N–H and O–H groups in total. The molecule has 28 heavy (non-hydrogen) atoms. The van der Waals surface area contributed by atoms with Gasteiger partial charge in [0.2, 0.25) is 11.8 Å². The molecule has 0 bridgehead atoms. The van der Waals surface area contributed by atoms with E-state index in [1.807, 2.05) is 51.1 Å². The van der Waals surface area contributed by atoms with E-state index in [0.29, 0.717) is 6.42 Å². The maximum Gasteiger partial charge on any atom is 0.272 e. The summed E-state index contributed by atoms with van der Waals surface area (Å²) in [6.45, 7) is 6.14. The molecule has 2 aromatic rings. The van der Waals surface area contributed by atoms with Gasteiger partial charge in [-0.15, -0.1) is 0 Å². The Balaban J connectivity index is 2.11. The van der Waals surface area contributed by atoms with Crippen molar-refractivity contribution in [2.45, 2.75) is 45.1 Å². The first-order valence-corrected chi connectivity index (χ1v) is 9.13. The average molecular weight is 385 g/mol. The summed E-state index contributed by atoms with van der Waals surface area (Å²) in [5.74, 6) is -1.34. The third-order valence-corrected chi connectivity index (χ3v) is 4.19. The highest BCUT2D eigenvalue weighted by Crippen LogP contribution is 2.20. The Hall–Kier alpha value is -3.16. The van der Waals surface area contributed by atoms with Crippen LogP contribution in [0.2, 0.25) is 0 Å². The predicted molar refractivity (Wildman–Crippen MR) is 106 cm³/mol. The van der Waals surface area contributed by atoms with Gasteiger partial charge in [-0.2, -0.15) is 5.10 Å². The molecule has 8 heteroatoms. The number of carbonyl (C=O) groups is 3. The van der Waals surface area contributed by atoms with E-state index >= 15 is 0 Å². The van der Waals surface area contributed by atoms with Crippen LogP contribution in [0.5, 0.6) is 0 Å². The smallest absolute Gasteiger partial charge is 0.272 e. The number of carbonyl (C=O) groups excluding carboxylic acids is 3. The minimum atomic E-state index is -0.808. The molecule has 3 amide bonds. The molecule has 0 saturated carbocycles. The second-order valence-corrected chi connectivity index (χ2v) is 7.64. The van der Waals surface area contributed by atoms with Gasteiger partial charge in [0, 0.05) is 30.5 Å². The van der Waals surface area contributed by atoms with E-state index in [-0.39, 0.29) is 30.0 Å². The highest BCUT2D eigenvalue weighted by molar-refractivity contribution is 5.96. The van der Waals surface area contributed by atoms with Crippen molar-refractivity contribution in [3.8, 4) is 0 Å². The summed E-state index contributed by atoms with van der Waals surface area (Å²) in [5, 5.41) is 12.3. The molecular formula is C20H27N5O3. The summed E-state index contributed by atoms with van der Waals surface area (Å²) in [7, 11) is 0. The summed E-state index contributed by atoms with van der Waals surface area (Å²) in [5.41, 5.74) is 6.86. The average Bonchev–Trinajstić information content (AvgIpc) is 3.12. The van der Waals surface area contributed by atoms with Gasteiger partial charge in [-0.05, 0) is 11.6 Å². The van der Waals surface area contributed by atoms with E-state index in [2.05, 4.69) is 20.8 Å². The Morgan fingerprint density at radius 1 is 1.18 bits per heavy atom. The van der Waals surface area contributed by atoms with E-state index in [4.69, 9.17) is 5.73 Å². The molecule has 2 rings (SSSR count). The van der Waals surface area contributed by atoms with Crippen molar-refractivity contribution < 1.29 is 14.4 Å². The zero-order valence-electron chi connectivity index (χ0n) is 16.4. The van der Waals surface area contributed by atoms with Crippen LogP contribution in [0.25, 0.3) is 0 Å². The summed E-state index contributed by atoms with van der Waals surface area (Å²) in [6.07, 6.45) is 0.345. The molecule has 0 aliphatic carbocycles. The molecule has 0 radical (unpaired) electrons. The van der Waals surface area contributed by atoms with E-state index in [1.54, 1.807) is 6.07 Å². The molecule has 0 fully saturated rings. The fourth-order valence-electron chi connectivity index (χ4n) is 2.55. The molecule has 1 heterocycles. The van der Waals surface area contributed by atoms with Crippen molar-refractivity contribution in [1.29, 1.82) is 0 Å². The van der Waals surface area contributed by atoms with Crippen LogP contribution in [0.3, 0.4) is 0 Å². The zero-order chi connectivity index (χ0) is 20.7. The van der Waals surface area contributed by atoms with E-state index in [0.717, 1.165) is 11.3 Å². The number of amides is 3. The Bertz CT molecular complexity index is 824. The van der Waals surface area contributed by atoms with Crippen LogP contribution in [0.1, 0.15) is 48.9 Å². The number of benzene rings is 1. The molecule has 0 saturated heterocycles. The topological polar surface area (TPSA) is 130 Å². The maximum absolute atomic E-state index is 12.6. The summed E-state index contributed by atoms with van der Waals surface area (Å²) >= 11 is 0. The van der Waals surface area contributed by atoms with Crippen LogP contribution in [0, 0.1) is 0 Å². The molecule has 8 nitrogen and oxygen atoms in total. The van der Waals surface area contributed by atoms with Crippen LogP contribution in [0.4, 0.5) is 0 Å². The molecule has 0 unspecified atom stereocenters. The third kappa shape index (κ3) is 6.22. The van der Waals surface area contributed by atoms with Gasteiger partial charge in [0.15, 0.2) is 0 Å². The Morgan fingerprint density at radius 2 is 1.86 bits per heavy atom. The minimum Gasteiger partial charge on any atom is -0.370 e. The minimum absolute atomic E-state index is 0.0338. The Labute approximate surface area is 164 Å². The molecule has 1 atom stereocenters. The third-order valence-electron chi connectivity index (χ3n) is 4.19.